The van der Waals surface area contributed by atoms with Crippen LogP contribution in [-0.2, 0) is 5.41 Å². The van der Waals surface area contributed by atoms with E-state index in [2.05, 4.69) is 323 Å². The van der Waals surface area contributed by atoms with Gasteiger partial charge in [-0.25, -0.2) is 0 Å². The van der Waals surface area contributed by atoms with E-state index in [4.69, 9.17) is 0 Å². The van der Waals surface area contributed by atoms with Gasteiger partial charge in [0.15, 0.2) is 0 Å². The van der Waals surface area contributed by atoms with Gasteiger partial charge in [-0.1, -0.05) is 243 Å². The quantitative estimate of drug-likeness (QED) is 0.148. The van der Waals surface area contributed by atoms with Crippen LogP contribution in [0.4, 0.5) is 17.1 Å². The Kier molecular flexibility index (Phi) is 10.2. The zero-order valence-electron chi connectivity index (χ0n) is 44.8. The Labute approximate surface area is 476 Å². The SMILES string of the molecule is c1ccc(-c2ccccc2-c2ccccc2N(c2ccc(-c3cccc(-n4c5ccccc5c5ccccc54)c3)cc2)c2ccccc2-c2ccc3c(c2)C2(c4ccccc4-3)c3ccccc3-n3c4ccccc4c4cccc2c43)cc1. The van der Waals surface area contributed by atoms with Crippen LogP contribution in [0.25, 0.3) is 111 Å². The van der Waals surface area contributed by atoms with Gasteiger partial charge in [0, 0.05) is 44.0 Å². The Bertz CT molecular complexity index is 5010. The minimum absolute atomic E-state index is 0.584. The highest BCUT2D eigenvalue weighted by Crippen LogP contribution is 2.62. The Morgan fingerprint density at radius 1 is 0.256 bits per heavy atom. The number of aromatic nitrogens is 2. The van der Waals surface area contributed by atoms with E-state index in [-0.39, 0.29) is 0 Å². The molecule has 2 aromatic heterocycles. The fourth-order valence-corrected chi connectivity index (χ4v) is 14.4. The Balaban J connectivity index is 0.866. The third kappa shape index (κ3) is 6.65. The average Bonchev–Trinajstić information content (AvgIpc) is 3.47. The molecule has 0 saturated carbocycles. The smallest absolute Gasteiger partial charge is 0.0754 e. The summed E-state index contributed by atoms with van der Waals surface area (Å²) in [7, 11) is 0. The van der Waals surface area contributed by atoms with Gasteiger partial charge in [-0.3, -0.25) is 0 Å². The molecule has 17 rings (SSSR count). The summed E-state index contributed by atoms with van der Waals surface area (Å²) in [5.74, 6) is 0. The molecule has 0 bridgehead atoms. The monoisotopic (exact) mass is 1040 g/mol. The number of rotatable bonds is 8. The molecule has 0 amide bonds. The maximum Gasteiger partial charge on any atom is 0.0754 e. The predicted octanol–water partition coefficient (Wildman–Crippen LogP) is 20.7. The molecule has 15 aromatic rings. The van der Waals surface area contributed by atoms with E-state index >= 15 is 0 Å². The molecule has 1 aliphatic carbocycles. The molecule has 1 unspecified atom stereocenters. The normalized spacial score (nSPS) is 13.9. The molecule has 382 valence electrons. The molecule has 3 heteroatoms. The largest absolute Gasteiger partial charge is 0.309 e. The Hall–Kier alpha value is -10.7. The molecule has 1 aliphatic heterocycles. The zero-order valence-corrected chi connectivity index (χ0v) is 44.8. The van der Waals surface area contributed by atoms with Gasteiger partial charge >= 0.3 is 0 Å². The van der Waals surface area contributed by atoms with Crippen LogP contribution >= 0.6 is 0 Å². The fourth-order valence-electron chi connectivity index (χ4n) is 14.4. The molecule has 2 aliphatic rings. The molecular weight excluding hydrogens is 991 g/mol. The molecule has 0 saturated heterocycles. The van der Waals surface area contributed by atoms with E-state index in [0.717, 1.165) is 50.6 Å². The van der Waals surface area contributed by atoms with Crippen molar-refractivity contribution in [1.82, 2.24) is 9.13 Å². The number of anilines is 3. The summed E-state index contributed by atoms with van der Waals surface area (Å²) in [6.07, 6.45) is 0. The summed E-state index contributed by atoms with van der Waals surface area (Å²) in [6, 6.07) is 115. The first kappa shape index (κ1) is 46.2. The van der Waals surface area contributed by atoms with Gasteiger partial charge in [0.05, 0.1) is 44.5 Å². The molecule has 0 fully saturated rings. The number of benzene rings is 13. The van der Waals surface area contributed by atoms with Crippen molar-refractivity contribution >= 4 is 60.7 Å². The van der Waals surface area contributed by atoms with Crippen LogP contribution in [0.1, 0.15) is 22.3 Å². The highest BCUT2D eigenvalue weighted by Gasteiger charge is 2.51. The minimum Gasteiger partial charge on any atom is -0.309 e. The summed E-state index contributed by atoms with van der Waals surface area (Å²) >= 11 is 0. The number of nitrogens with zero attached hydrogens (tertiary/aromatic N) is 3. The van der Waals surface area contributed by atoms with Crippen LogP contribution in [0, 0.1) is 0 Å². The Morgan fingerprint density at radius 3 is 1.50 bits per heavy atom. The van der Waals surface area contributed by atoms with Gasteiger partial charge in [0.1, 0.15) is 0 Å². The first-order valence-corrected chi connectivity index (χ1v) is 28.4. The van der Waals surface area contributed by atoms with E-state index in [9.17, 15) is 0 Å². The molecule has 0 N–H and O–H groups in total. The van der Waals surface area contributed by atoms with E-state index in [0.29, 0.717) is 0 Å². The van der Waals surface area contributed by atoms with E-state index < -0.39 is 5.41 Å². The predicted molar refractivity (Wildman–Crippen MR) is 342 cm³/mol. The van der Waals surface area contributed by atoms with Gasteiger partial charge in [-0.05, 0) is 133 Å². The van der Waals surface area contributed by atoms with Crippen molar-refractivity contribution in [3.63, 3.8) is 0 Å². The Morgan fingerprint density at radius 2 is 0.756 bits per heavy atom. The van der Waals surface area contributed by atoms with Crippen LogP contribution in [0.3, 0.4) is 0 Å². The van der Waals surface area contributed by atoms with Crippen LogP contribution in [0.15, 0.2) is 309 Å². The lowest BCUT2D eigenvalue weighted by Gasteiger charge is -2.39. The standard InChI is InChI=1S/C79H51N3/c1-2-22-53(23-3-1)58-26-4-5-28-60(58)63-30-8-15-39-73(63)80(56-47-44-52(45-48-56)54-24-20-25-57(50-54)81-74-40-16-9-31-64(74)65-32-10-17-41-75(65)81)72-38-14-7-27-59(72)55-46-49-62-61-29-6-12-35-68(61)79(71(62)51-55)69-36-13-19-43-77(69)82-76-42-18-11-33-66(76)67-34-21-37-70(79)78(67)82/h1-51H. The lowest BCUT2D eigenvalue weighted by molar-refractivity contribution is 0.749. The summed E-state index contributed by atoms with van der Waals surface area (Å²) in [6.45, 7) is 0. The molecule has 1 atom stereocenters. The van der Waals surface area contributed by atoms with Gasteiger partial charge in [0.25, 0.3) is 0 Å². The van der Waals surface area contributed by atoms with Crippen LogP contribution in [-0.4, -0.2) is 9.13 Å². The second kappa shape index (κ2) is 18.2. The number of para-hydroxylation sites is 7. The third-order valence-corrected chi connectivity index (χ3v) is 17.7. The highest BCUT2D eigenvalue weighted by atomic mass is 15.1. The van der Waals surface area contributed by atoms with Crippen molar-refractivity contribution in [3.05, 3.63) is 332 Å². The second-order valence-corrected chi connectivity index (χ2v) is 21.9. The van der Waals surface area contributed by atoms with Crippen LogP contribution < -0.4 is 4.90 Å². The van der Waals surface area contributed by atoms with Crippen molar-refractivity contribution in [2.24, 2.45) is 0 Å². The van der Waals surface area contributed by atoms with Gasteiger partial charge in [-0.15, -0.1) is 0 Å². The number of hydrogen-bond donors (Lipinski definition) is 0. The van der Waals surface area contributed by atoms with Crippen LogP contribution in [0.2, 0.25) is 0 Å². The topological polar surface area (TPSA) is 13.1 Å². The summed E-state index contributed by atoms with van der Waals surface area (Å²) < 4.78 is 4.93. The van der Waals surface area contributed by atoms with Crippen molar-refractivity contribution in [2.75, 3.05) is 4.90 Å². The van der Waals surface area contributed by atoms with Gasteiger partial charge in [-0.2, -0.15) is 0 Å². The maximum absolute atomic E-state index is 2.53. The van der Waals surface area contributed by atoms with E-state index in [1.54, 1.807) is 0 Å². The van der Waals surface area contributed by atoms with Crippen molar-refractivity contribution in [1.29, 1.82) is 0 Å². The van der Waals surface area contributed by atoms with Crippen LogP contribution in [0.5, 0.6) is 0 Å². The third-order valence-electron chi connectivity index (χ3n) is 17.7. The lowest BCUT2D eigenvalue weighted by Crippen LogP contribution is -2.33. The molecule has 3 nitrogen and oxygen atoms in total. The van der Waals surface area contributed by atoms with E-state index in [1.807, 2.05) is 0 Å². The second-order valence-electron chi connectivity index (χ2n) is 21.9. The van der Waals surface area contributed by atoms with Gasteiger partial charge in [0.2, 0.25) is 0 Å². The zero-order chi connectivity index (χ0) is 53.9. The molecule has 1 spiro atoms. The summed E-state index contributed by atoms with van der Waals surface area (Å²) in [5.41, 5.74) is 27.0. The first-order valence-electron chi connectivity index (χ1n) is 28.4. The lowest BCUT2D eigenvalue weighted by atomic mass is 9.65. The fraction of sp³-hybridized carbons (Fsp3) is 0.0127. The summed E-state index contributed by atoms with van der Waals surface area (Å²) in [4.78, 5) is 2.50. The molecule has 13 aromatic carbocycles. The summed E-state index contributed by atoms with van der Waals surface area (Å²) in [5, 5.41) is 5.06. The highest BCUT2D eigenvalue weighted by molar-refractivity contribution is 6.13. The molecular formula is C79H51N3. The van der Waals surface area contributed by atoms with Crippen molar-refractivity contribution in [3.8, 4) is 67.0 Å². The minimum atomic E-state index is -0.584. The maximum atomic E-state index is 2.53. The molecule has 82 heavy (non-hydrogen) atoms. The average molecular weight is 1040 g/mol. The van der Waals surface area contributed by atoms with Crippen molar-refractivity contribution < 1.29 is 0 Å². The van der Waals surface area contributed by atoms with Crippen molar-refractivity contribution in [2.45, 2.75) is 5.41 Å². The van der Waals surface area contributed by atoms with E-state index in [1.165, 1.54) is 99.4 Å². The first-order chi connectivity index (χ1) is 40.7. The molecule has 0 radical (unpaired) electrons. The molecule has 3 heterocycles. The van der Waals surface area contributed by atoms with Gasteiger partial charge < -0.3 is 14.0 Å². The number of hydrogen-bond acceptors (Lipinski definition) is 1. The number of fused-ring (bicyclic) bond motifs is 15.